The number of rotatable bonds is 9. The van der Waals surface area contributed by atoms with Gasteiger partial charge in [0.1, 0.15) is 22.3 Å². The molecule has 0 saturated carbocycles. The first kappa shape index (κ1) is 40.7. The lowest BCUT2D eigenvalue weighted by Crippen LogP contribution is -2.37. The van der Waals surface area contributed by atoms with Crippen molar-refractivity contribution in [1.82, 2.24) is 0 Å². The Kier molecular flexibility index (Phi) is 9.74. The zero-order valence-corrected chi connectivity index (χ0v) is 39.5. The summed E-state index contributed by atoms with van der Waals surface area (Å²) in [6, 6.07) is 62.7. The SMILES string of the molecule is Cc1ccc(N(c2ccc(C(C)C)cc2)c2ccc3cc4c(cc3c2)oc2cc3c(cc24)oc2cc4cc(N(c5ccc(C(C)C)cc5)c5ccc([Si](C)(C)C)cc5)ccc4cc23)cc1. The molecule has 0 unspecified atom stereocenters. The molecular formula is C60H54N2O2Si. The van der Waals surface area contributed by atoms with E-state index < -0.39 is 8.07 Å². The lowest BCUT2D eigenvalue weighted by atomic mass is 10.0. The van der Waals surface area contributed by atoms with Crippen molar-refractivity contribution in [2.24, 2.45) is 0 Å². The molecule has 11 aromatic rings. The van der Waals surface area contributed by atoms with Gasteiger partial charge in [-0.15, -0.1) is 0 Å². The lowest BCUT2D eigenvalue weighted by Gasteiger charge is -2.27. The molecule has 0 atom stereocenters. The average Bonchev–Trinajstić information content (AvgIpc) is 3.83. The van der Waals surface area contributed by atoms with Crippen LogP contribution in [-0.2, 0) is 0 Å². The predicted octanol–water partition coefficient (Wildman–Crippen LogP) is 17.8. The van der Waals surface area contributed by atoms with Crippen molar-refractivity contribution < 1.29 is 8.83 Å². The maximum Gasteiger partial charge on any atom is 0.136 e. The fourth-order valence-electron chi connectivity index (χ4n) is 9.50. The Labute approximate surface area is 382 Å². The van der Waals surface area contributed by atoms with Crippen LogP contribution in [0, 0.1) is 6.92 Å². The average molecular weight is 863 g/mol. The van der Waals surface area contributed by atoms with E-state index in [0.29, 0.717) is 11.8 Å². The number of furan rings is 2. The van der Waals surface area contributed by atoms with Gasteiger partial charge in [0.25, 0.3) is 0 Å². The van der Waals surface area contributed by atoms with Crippen molar-refractivity contribution in [3.05, 3.63) is 187 Å². The van der Waals surface area contributed by atoms with E-state index in [1.807, 2.05) is 0 Å². The van der Waals surface area contributed by atoms with Crippen molar-refractivity contribution in [2.45, 2.75) is 66.1 Å². The lowest BCUT2D eigenvalue weighted by molar-refractivity contribution is 0.664. The third-order valence-electron chi connectivity index (χ3n) is 13.4. The Bertz CT molecular complexity index is 3570. The van der Waals surface area contributed by atoms with E-state index >= 15 is 0 Å². The Morgan fingerprint density at radius 1 is 0.354 bits per heavy atom. The molecule has 0 aliphatic carbocycles. The molecule has 2 aromatic heterocycles. The molecule has 0 fully saturated rings. The summed E-state index contributed by atoms with van der Waals surface area (Å²) in [6.45, 7) is 18.3. The van der Waals surface area contributed by atoms with Crippen LogP contribution in [0.25, 0.3) is 65.4 Å². The highest BCUT2D eigenvalue weighted by atomic mass is 28.3. The normalized spacial score (nSPS) is 12.3. The highest BCUT2D eigenvalue weighted by molar-refractivity contribution is 6.88. The molecule has 4 nitrogen and oxygen atoms in total. The van der Waals surface area contributed by atoms with E-state index in [0.717, 1.165) is 99.5 Å². The number of aryl methyl sites for hydroxylation is 1. The van der Waals surface area contributed by atoms with Crippen LogP contribution < -0.4 is 15.0 Å². The van der Waals surface area contributed by atoms with Gasteiger partial charge in [0.05, 0.1) is 8.07 Å². The molecule has 65 heavy (non-hydrogen) atoms. The fourth-order valence-corrected chi connectivity index (χ4v) is 10.7. The topological polar surface area (TPSA) is 32.8 Å². The molecule has 5 heteroatoms. The smallest absolute Gasteiger partial charge is 0.136 e. The monoisotopic (exact) mass is 862 g/mol. The van der Waals surface area contributed by atoms with Gasteiger partial charge in [0, 0.05) is 55.7 Å². The second-order valence-electron chi connectivity index (χ2n) is 19.6. The third kappa shape index (κ3) is 7.34. The molecule has 9 aromatic carbocycles. The zero-order chi connectivity index (χ0) is 44.7. The van der Waals surface area contributed by atoms with Crippen LogP contribution >= 0.6 is 0 Å². The summed E-state index contributed by atoms with van der Waals surface area (Å²) in [6.07, 6.45) is 0. The first-order valence-corrected chi connectivity index (χ1v) is 26.5. The van der Waals surface area contributed by atoms with Crippen LogP contribution in [0.15, 0.2) is 179 Å². The number of fused-ring (bicyclic) bond motifs is 8. The second kappa shape index (κ2) is 15.6. The van der Waals surface area contributed by atoms with Crippen LogP contribution in [0.1, 0.15) is 56.2 Å². The van der Waals surface area contributed by atoms with E-state index in [1.165, 1.54) is 21.9 Å². The summed E-state index contributed by atoms with van der Waals surface area (Å²) in [5.74, 6) is 0.942. The largest absolute Gasteiger partial charge is 0.456 e. The van der Waals surface area contributed by atoms with E-state index in [4.69, 9.17) is 8.83 Å². The van der Waals surface area contributed by atoms with Crippen molar-refractivity contribution in [2.75, 3.05) is 9.80 Å². The highest BCUT2D eigenvalue weighted by Crippen LogP contribution is 2.43. The van der Waals surface area contributed by atoms with E-state index in [1.54, 1.807) is 0 Å². The Hall–Kier alpha value is -7.08. The summed E-state index contributed by atoms with van der Waals surface area (Å²) in [5.41, 5.74) is 14.1. The van der Waals surface area contributed by atoms with E-state index in [9.17, 15) is 0 Å². The Morgan fingerprint density at radius 3 is 1.08 bits per heavy atom. The van der Waals surface area contributed by atoms with Crippen LogP contribution in [0.5, 0.6) is 0 Å². The first-order chi connectivity index (χ1) is 31.3. The summed E-state index contributed by atoms with van der Waals surface area (Å²) < 4.78 is 13.4. The Balaban J connectivity index is 0.976. The van der Waals surface area contributed by atoms with Crippen molar-refractivity contribution in [3.63, 3.8) is 0 Å². The van der Waals surface area contributed by atoms with Gasteiger partial charge in [-0.05, 0) is 161 Å². The van der Waals surface area contributed by atoms with Gasteiger partial charge in [-0.25, -0.2) is 0 Å². The molecule has 0 amide bonds. The fraction of sp³-hybridized carbons (Fsp3) is 0.167. The van der Waals surface area contributed by atoms with Gasteiger partial charge in [-0.2, -0.15) is 0 Å². The molecular weight excluding hydrogens is 809 g/mol. The van der Waals surface area contributed by atoms with Gasteiger partial charge in [-0.3, -0.25) is 0 Å². The Morgan fingerprint density at radius 2 is 0.692 bits per heavy atom. The molecule has 0 aliphatic heterocycles. The zero-order valence-electron chi connectivity index (χ0n) is 38.5. The molecule has 11 rings (SSSR count). The van der Waals surface area contributed by atoms with Crippen LogP contribution in [0.4, 0.5) is 34.1 Å². The number of anilines is 6. The van der Waals surface area contributed by atoms with E-state index in [-0.39, 0.29) is 0 Å². The van der Waals surface area contributed by atoms with Crippen LogP contribution in [0.2, 0.25) is 19.6 Å². The summed E-state index contributed by atoms with van der Waals surface area (Å²) in [5, 5.41) is 10.3. The number of hydrogen-bond donors (Lipinski definition) is 0. The van der Waals surface area contributed by atoms with E-state index in [2.05, 4.69) is 234 Å². The predicted molar refractivity (Wildman–Crippen MR) is 281 cm³/mol. The minimum absolute atomic E-state index is 0.470. The summed E-state index contributed by atoms with van der Waals surface area (Å²) >= 11 is 0. The van der Waals surface area contributed by atoms with Crippen LogP contribution in [-0.4, -0.2) is 8.07 Å². The minimum atomic E-state index is -1.45. The quantitative estimate of drug-likeness (QED) is 0.135. The molecule has 0 bridgehead atoms. The molecule has 0 aliphatic rings. The first-order valence-electron chi connectivity index (χ1n) is 23.0. The maximum absolute atomic E-state index is 6.72. The van der Waals surface area contributed by atoms with Gasteiger partial charge in [0.15, 0.2) is 0 Å². The van der Waals surface area contributed by atoms with Crippen molar-refractivity contribution >= 4 is 113 Å². The second-order valence-corrected chi connectivity index (χ2v) is 24.7. The van der Waals surface area contributed by atoms with Crippen molar-refractivity contribution in [1.29, 1.82) is 0 Å². The number of hydrogen-bond acceptors (Lipinski definition) is 4. The number of benzene rings is 9. The number of nitrogens with zero attached hydrogens (tertiary/aromatic N) is 2. The maximum atomic E-state index is 6.72. The molecule has 2 heterocycles. The van der Waals surface area contributed by atoms with Gasteiger partial charge < -0.3 is 18.6 Å². The molecule has 0 N–H and O–H groups in total. The van der Waals surface area contributed by atoms with Gasteiger partial charge >= 0.3 is 0 Å². The standard InChI is InChI=1S/C60H54N2O2Si/c1-37(2)40-11-19-47(20-12-40)61(46-17-9-39(5)10-18-46)50-23-15-42-31-53-55-35-60-56(36-59(55)63-57(53)33-44(42)29-50)54-32-43-16-24-51(30-45(43)34-58(54)64-60)62(48-21-13-41(14-22-48)38(3)4)49-25-27-52(28-26-49)65(6,7)8/h9-38H,1-8H3. The molecule has 0 spiro atoms. The molecule has 0 saturated heterocycles. The van der Waals surface area contributed by atoms with Gasteiger partial charge in [-0.1, -0.05) is 119 Å². The van der Waals surface area contributed by atoms with Gasteiger partial charge in [0.2, 0.25) is 0 Å². The van der Waals surface area contributed by atoms with Crippen LogP contribution in [0.3, 0.4) is 0 Å². The highest BCUT2D eigenvalue weighted by Gasteiger charge is 2.21. The summed E-state index contributed by atoms with van der Waals surface area (Å²) in [4.78, 5) is 4.71. The van der Waals surface area contributed by atoms with Crippen molar-refractivity contribution in [3.8, 4) is 0 Å². The third-order valence-corrected chi connectivity index (χ3v) is 15.4. The molecule has 320 valence electrons. The molecule has 0 radical (unpaired) electrons. The summed E-state index contributed by atoms with van der Waals surface area (Å²) in [7, 11) is -1.45. The minimum Gasteiger partial charge on any atom is -0.456 e.